The fraction of sp³-hybridized carbons (Fsp3) is 0.222. The van der Waals surface area contributed by atoms with E-state index in [-0.39, 0.29) is 5.69 Å². The zero-order chi connectivity index (χ0) is 19.8. The lowest BCUT2D eigenvalue weighted by atomic mass is 10.2. The van der Waals surface area contributed by atoms with E-state index in [0.717, 1.165) is 0 Å². The summed E-state index contributed by atoms with van der Waals surface area (Å²) < 4.78 is 18.5. The number of hydrogen-bond donors (Lipinski definition) is 0. The Hall–Kier alpha value is -3.40. The van der Waals surface area contributed by atoms with Crippen molar-refractivity contribution in [2.24, 2.45) is 12.0 Å². The van der Waals surface area contributed by atoms with Crippen molar-refractivity contribution in [3.05, 3.63) is 50.8 Å². The van der Waals surface area contributed by atoms with Gasteiger partial charge in [-0.3, -0.25) is 14.9 Å². The number of nitrogens with zero attached hydrogens (tertiary/aromatic N) is 3. The van der Waals surface area contributed by atoms with E-state index >= 15 is 0 Å². The van der Waals surface area contributed by atoms with Crippen LogP contribution in [0.25, 0.3) is 10.2 Å². The molecule has 1 aromatic heterocycles. The summed E-state index contributed by atoms with van der Waals surface area (Å²) in [6.45, 7) is 0.891. The molecule has 0 aliphatic carbocycles. The van der Waals surface area contributed by atoms with E-state index in [1.165, 1.54) is 30.6 Å². The second-order valence-corrected chi connectivity index (χ2v) is 6.98. The van der Waals surface area contributed by atoms with Crippen molar-refractivity contribution in [1.82, 2.24) is 4.57 Å². The molecule has 3 aromatic rings. The van der Waals surface area contributed by atoms with Crippen LogP contribution in [0.1, 0.15) is 10.4 Å². The molecule has 28 heavy (non-hydrogen) atoms. The molecular formula is C18H15N3O6S. The molecule has 2 heterocycles. The number of aryl methyl sites for hydroxylation is 1. The van der Waals surface area contributed by atoms with Crippen molar-refractivity contribution in [1.29, 1.82) is 0 Å². The molecule has 1 amide bonds. The van der Waals surface area contributed by atoms with Crippen LogP contribution in [-0.2, 0) is 7.05 Å². The Kier molecular flexibility index (Phi) is 4.47. The van der Waals surface area contributed by atoms with Gasteiger partial charge < -0.3 is 18.8 Å². The SMILES string of the molecule is COc1cc([N+](=O)[O-])cc2sc(=NC(=O)c3ccc4c(c3)OCCO4)n(C)c12. The summed E-state index contributed by atoms with van der Waals surface area (Å²) in [6, 6.07) is 7.68. The predicted molar refractivity (Wildman–Crippen MR) is 101 cm³/mol. The van der Waals surface area contributed by atoms with Crippen LogP contribution in [0.4, 0.5) is 5.69 Å². The van der Waals surface area contributed by atoms with Crippen molar-refractivity contribution in [2.75, 3.05) is 20.3 Å². The average molecular weight is 401 g/mol. The van der Waals surface area contributed by atoms with Crippen molar-refractivity contribution >= 4 is 33.1 Å². The summed E-state index contributed by atoms with van der Waals surface area (Å²) in [6.07, 6.45) is 0. The number of ether oxygens (including phenoxy) is 3. The number of aromatic nitrogens is 1. The van der Waals surface area contributed by atoms with Crippen molar-refractivity contribution in [3.8, 4) is 17.2 Å². The third-order valence-electron chi connectivity index (χ3n) is 4.27. The van der Waals surface area contributed by atoms with E-state index in [1.807, 2.05) is 0 Å². The van der Waals surface area contributed by atoms with Crippen molar-refractivity contribution in [2.45, 2.75) is 0 Å². The molecule has 0 atom stereocenters. The fourth-order valence-corrected chi connectivity index (χ4v) is 3.99. The summed E-state index contributed by atoms with van der Waals surface area (Å²) in [4.78, 5) is 27.9. The first-order valence-corrected chi connectivity index (χ1v) is 9.10. The zero-order valence-corrected chi connectivity index (χ0v) is 15.8. The number of hydrogen-bond acceptors (Lipinski definition) is 7. The monoisotopic (exact) mass is 401 g/mol. The summed E-state index contributed by atoms with van der Waals surface area (Å²) >= 11 is 1.17. The number of nitro benzene ring substituents is 1. The number of methoxy groups -OCH3 is 1. The Morgan fingerprint density at radius 2 is 2.00 bits per heavy atom. The van der Waals surface area contributed by atoms with Gasteiger partial charge in [-0.05, 0) is 18.2 Å². The zero-order valence-electron chi connectivity index (χ0n) is 15.0. The van der Waals surface area contributed by atoms with Crippen LogP contribution in [0.2, 0.25) is 0 Å². The molecule has 0 N–H and O–H groups in total. The molecule has 0 radical (unpaired) electrons. The van der Waals surface area contributed by atoms with Crippen LogP contribution in [0.5, 0.6) is 17.2 Å². The van der Waals surface area contributed by atoms with Crippen molar-refractivity contribution < 1.29 is 23.9 Å². The minimum absolute atomic E-state index is 0.0871. The number of carbonyl (C=O) groups excluding carboxylic acids is 1. The quantitative estimate of drug-likeness (QED) is 0.494. The second kappa shape index (κ2) is 6.97. The second-order valence-electron chi connectivity index (χ2n) is 5.97. The molecule has 1 aliphatic rings. The summed E-state index contributed by atoms with van der Waals surface area (Å²) in [7, 11) is 3.16. The molecule has 2 aromatic carbocycles. The maximum absolute atomic E-state index is 12.6. The number of rotatable bonds is 3. The van der Waals surface area contributed by atoms with Gasteiger partial charge in [-0.25, -0.2) is 0 Å². The number of thiazole rings is 1. The number of benzene rings is 2. The molecule has 0 fully saturated rings. The largest absolute Gasteiger partial charge is 0.494 e. The molecule has 0 saturated heterocycles. The van der Waals surface area contributed by atoms with E-state index in [2.05, 4.69) is 4.99 Å². The van der Waals surface area contributed by atoms with E-state index in [0.29, 0.717) is 51.0 Å². The molecule has 4 rings (SSSR count). The standard InChI is InChI=1S/C18H15N3O6S/c1-20-16-14(25-2)8-11(21(23)24)9-15(16)28-18(20)19-17(22)10-3-4-12-13(7-10)27-6-5-26-12/h3-4,7-9H,5-6H2,1-2H3. The highest BCUT2D eigenvalue weighted by atomic mass is 32.1. The lowest BCUT2D eigenvalue weighted by Gasteiger charge is -2.18. The molecule has 1 aliphatic heterocycles. The van der Waals surface area contributed by atoms with Crippen LogP contribution in [0, 0.1) is 10.1 Å². The lowest BCUT2D eigenvalue weighted by molar-refractivity contribution is -0.384. The fourth-order valence-electron chi connectivity index (χ4n) is 2.93. The van der Waals surface area contributed by atoms with Gasteiger partial charge in [0.05, 0.1) is 22.8 Å². The summed E-state index contributed by atoms with van der Waals surface area (Å²) in [5, 5.41) is 11.1. The molecule has 10 heteroatoms. The Labute approximate surface area is 162 Å². The van der Waals surface area contributed by atoms with Crippen molar-refractivity contribution in [3.63, 3.8) is 0 Å². The van der Waals surface area contributed by atoms with Gasteiger partial charge in [-0.2, -0.15) is 4.99 Å². The normalized spacial score (nSPS) is 13.6. The minimum atomic E-state index is -0.487. The third kappa shape index (κ3) is 3.07. The molecule has 144 valence electrons. The van der Waals surface area contributed by atoms with E-state index in [9.17, 15) is 14.9 Å². The molecule has 0 spiro atoms. The minimum Gasteiger partial charge on any atom is -0.494 e. The van der Waals surface area contributed by atoms with Gasteiger partial charge in [-0.1, -0.05) is 11.3 Å². The molecule has 9 nitrogen and oxygen atoms in total. The molecule has 0 unspecified atom stereocenters. The molecular weight excluding hydrogens is 386 g/mol. The first-order chi connectivity index (χ1) is 13.5. The summed E-state index contributed by atoms with van der Waals surface area (Å²) in [5.74, 6) is 0.987. The Balaban J connectivity index is 1.80. The number of carbonyl (C=O) groups is 1. The van der Waals surface area contributed by atoms with Crippen LogP contribution >= 0.6 is 11.3 Å². The predicted octanol–water partition coefficient (Wildman–Crippen LogP) is 2.67. The maximum atomic E-state index is 12.6. The van der Waals surface area contributed by atoms with E-state index < -0.39 is 10.8 Å². The Bertz CT molecular complexity index is 1180. The topological polar surface area (TPSA) is 105 Å². The Morgan fingerprint density at radius 3 is 2.71 bits per heavy atom. The van der Waals surface area contributed by atoms with Gasteiger partial charge in [0, 0.05) is 18.7 Å². The van der Waals surface area contributed by atoms with Gasteiger partial charge in [0.15, 0.2) is 22.0 Å². The molecule has 0 saturated carbocycles. The maximum Gasteiger partial charge on any atom is 0.279 e. The lowest BCUT2D eigenvalue weighted by Crippen LogP contribution is -2.16. The van der Waals surface area contributed by atoms with Crippen LogP contribution in [0.3, 0.4) is 0 Å². The van der Waals surface area contributed by atoms with Gasteiger partial charge in [0.1, 0.15) is 18.7 Å². The van der Waals surface area contributed by atoms with Crippen LogP contribution in [-0.4, -0.2) is 35.7 Å². The Morgan fingerprint density at radius 1 is 1.25 bits per heavy atom. The van der Waals surface area contributed by atoms with Crippen LogP contribution < -0.4 is 19.0 Å². The van der Waals surface area contributed by atoms with E-state index in [1.54, 1.807) is 29.8 Å². The number of non-ortho nitro benzene ring substituents is 1. The van der Waals surface area contributed by atoms with Gasteiger partial charge in [-0.15, -0.1) is 0 Å². The number of amides is 1. The average Bonchev–Trinajstić information content (AvgIpc) is 3.02. The highest BCUT2D eigenvalue weighted by Crippen LogP contribution is 2.33. The van der Waals surface area contributed by atoms with E-state index in [4.69, 9.17) is 14.2 Å². The highest BCUT2D eigenvalue weighted by Gasteiger charge is 2.18. The van der Waals surface area contributed by atoms with Gasteiger partial charge >= 0.3 is 0 Å². The number of nitro groups is 1. The third-order valence-corrected chi connectivity index (χ3v) is 5.34. The highest BCUT2D eigenvalue weighted by molar-refractivity contribution is 7.16. The van der Waals surface area contributed by atoms with Gasteiger partial charge in [0.25, 0.3) is 11.6 Å². The van der Waals surface area contributed by atoms with Crippen LogP contribution in [0.15, 0.2) is 35.3 Å². The summed E-state index contributed by atoms with van der Waals surface area (Å²) in [5.41, 5.74) is 0.905. The van der Waals surface area contributed by atoms with Gasteiger partial charge in [0.2, 0.25) is 0 Å². The first kappa shape index (κ1) is 18.0. The number of fused-ring (bicyclic) bond motifs is 2. The molecule has 0 bridgehead atoms. The first-order valence-electron chi connectivity index (χ1n) is 8.28. The smallest absolute Gasteiger partial charge is 0.279 e.